The molecule has 160 valence electrons. The number of thioether (sulfide) groups is 1. The fourth-order valence-corrected chi connectivity index (χ4v) is 5.57. The largest absolute Gasteiger partial charge is 0.279 e. The minimum absolute atomic E-state index is 0.196. The molecule has 0 aliphatic carbocycles. The normalized spacial score (nSPS) is 16.3. The van der Waals surface area contributed by atoms with Gasteiger partial charge in [0.15, 0.2) is 0 Å². The number of sulfonamides is 1. The highest BCUT2D eigenvalue weighted by molar-refractivity contribution is 7.98. The molecule has 1 aromatic heterocycles. The van der Waals surface area contributed by atoms with Gasteiger partial charge in [-0.15, -0.1) is 11.8 Å². The third-order valence-electron chi connectivity index (χ3n) is 5.39. The Hall–Kier alpha value is -3.23. The Morgan fingerprint density at radius 1 is 0.906 bits per heavy atom. The lowest BCUT2D eigenvalue weighted by Gasteiger charge is -2.22. The summed E-state index contributed by atoms with van der Waals surface area (Å²) >= 11 is 1.66. The van der Waals surface area contributed by atoms with Gasteiger partial charge in [-0.25, -0.2) is 4.98 Å². The van der Waals surface area contributed by atoms with Gasteiger partial charge in [0.2, 0.25) is 0 Å². The molecule has 0 fully saturated rings. The molecule has 0 bridgehead atoms. The van der Waals surface area contributed by atoms with Gasteiger partial charge in [0, 0.05) is 11.3 Å². The Bertz CT molecular complexity index is 1410. The lowest BCUT2D eigenvalue weighted by atomic mass is 10.0. The first-order valence-electron chi connectivity index (χ1n) is 10.1. The van der Waals surface area contributed by atoms with E-state index in [1.54, 1.807) is 48.3 Å². The van der Waals surface area contributed by atoms with Crippen molar-refractivity contribution >= 4 is 38.5 Å². The van der Waals surface area contributed by atoms with Crippen molar-refractivity contribution in [2.45, 2.75) is 22.3 Å². The van der Waals surface area contributed by atoms with Gasteiger partial charge in [-0.2, -0.15) is 17.9 Å². The zero-order valence-corrected chi connectivity index (χ0v) is 18.9. The fourth-order valence-electron chi connectivity index (χ4n) is 3.72. The molecule has 3 aromatic carbocycles. The first-order valence-corrected chi connectivity index (χ1v) is 12.8. The van der Waals surface area contributed by atoms with Crippen LogP contribution in [0.4, 0.5) is 0 Å². The van der Waals surface area contributed by atoms with Crippen LogP contribution >= 0.6 is 11.8 Å². The van der Waals surface area contributed by atoms with Crippen molar-refractivity contribution in [3.8, 4) is 0 Å². The number of hydrogen-bond acceptors (Lipinski definition) is 6. The number of hydrazone groups is 1. The average molecular weight is 461 g/mol. The zero-order chi connectivity index (χ0) is 22.1. The van der Waals surface area contributed by atoms with Crippen molar-refractivity contribution in [3.05, 3.63) is 96.3 Å². The third-order valence-corrected chi connectivity index (χ3v) is 7.83. The van der Waals surface area contributed by atoms with E-state index in [1.807, 2.05) is 54.8 Å². The van der Waals surface area contributed by atoms with E-state index in [2.05, 4.69) is 10.1 Å². The molecule has 0 amide bonds. The standard InChI is InChI=1S/C24H20N4O2S2/c1-31-18-13-11-17(12-14-18)22-15-24(23-16-25-20-9-5-6-10-21(20)26-23)28(27-22)32(29,30)19-7-3-2-4-8-19/h2-14,16,24H,15H2,1H3/t24-/m0/s1. The maximum Gasteiger partial charge on any atom is 0.279 e. The molecule has 1 aliphatic heterocycles. The predicted molar refractivity (Wildman–Crippen MR) is 127 cm³/mol. The zero-order valence-electron chi connectivity index (χ0n) is 17.3. The number of rotatable bonds is 5. The van der Waals surface area contributed by atoms with Crippen LogP contribution in [-0.4, -0.2) is 34.8 Å². The summed E-state index contributed by atoms with van der Waals surface area (Å²) in [5.74, 6) is 0. The quantitative estimate of drug-likeness (QED) is 0.396. The molecule has 6 nitrogen and oxygen atoms in total. The molecule has 32 heavy (non-hydrogen) atoms. The second kappa shape index (κ2) is 8.37. The second-order valence-electron chi connectivity index (χ2n) is 7.37. The van der Waals surface area contributed by atoms with E-state index in [0.29, 0.717) is 17.8 Å². The lowest BCUT2D eigenvalue weighted by molar-refractivity contribution is 0.365. The lowest BCUT2D eigenvalue weighted by Crippen LogP contribution is -2.28. The summed E-state index contributed by atoms with van der Waals surface area (Å²) < 4.78 is 28.2. The van der Waals surface area contributed by atoms with Crippen molar-refractivity contribution in [1.29, 1.82) is 0 Å². The van der Waals surface area contributed by atoms with E-state index in [4.69, 9.17) is 4.98 Å². The van der Waals surface area contributed by atoms with E-state index in [-0.39, 0.29) is 4.90 Å². The molecule has 4 aromatic rings. The van der Waals surface area contributed by atoms with Gasteiger partial charge in [-0.05, 0) is 48.2 Å². The molecule has 0 saturated carbocycles. The average Bonchev–Trinajstić information content (AvgIpc) is 3.31. The molecule has 0 saturated heterocycles. The predicted octanol–water partition coefficient (Wildman–Crippen LogP) is 4.89. The number of para-hydroxylation sites is 2. The summed E-state index contributed by atoms with van der Waals surface area (Å²) in [4.78, 5) is 10.6. The highest BCUT2D eigenvalue weighted by Crippen LogP contribution is 2.36. The minimum Gasteiger partial charge on any atom is -0.253 e. The van der Waals surface area contributed by atoms with E-state index < -0.39 is 16.1 Å². The summed E-state index contributed by atoms with van der Waals surface area (Å²) in [7, 11) is -3.87. The molecule has 0 radical (unpaired) electrons. The SMILES string of the molecule is CSc1ccc(C2=NN(S(=O)(=O)c3ccccc3)[C@H](c3cnc4ccccc4n3)C2)cc1. The molecule has 5 rings (SSSR count). The van der Waals surface area contributed by atoms with Crippen LogP contribution < -0.4 is 0 Å². The first kappa shape index (κ1) is 20.7. The molecule has 1 aliphatic rings. The van der Waals surface area contributed by atoms with Gasteiger partial charge in [0.05, 0.1) is 33.5 Å². The Morgan fingerprint density at radius 3 is 2.31 bits per heavy atom. The molecule has 0 unspecified atom stereocenters. The Balaban J connectivity index is 1.60. The number of fused-ring (bicyclic) bond motifs is 1. The Kier molecular flexibility index (Phi) is 5.40. The van der Waals surface area contributed by atoms with Crippen molar-refractivity contribution < 1.29 is 8.42 Å². The van der Waals surface area contributed by atoms with Gasteiger partial charge >= 0.3 is 0 Å². The molecular weight excluding hydrogens is 440 g/mol. The minimum atomic E-state index is -3.87. The summed E-state index contributed by atoms with van der Waals surface area (Å²) in [6, 6.07) is 23.3. The Morgan fingerprint density at radius 2 is 1.59 bits per heavy atom. The van der Waals surface area contributed by atoms with Crippen molar-refractivity contribution in [1.82, 2.24) is 14.4 Å². The van der Waals surface area contributed by atoms with Crippen LogP contribution in [0.1, 0.15) is 23.7 Å². The van der Waals surface area contributed by atoms with E-state index in [0.717, 1.165) is 21.5 Å². The fraction of sp³-hybridized carbons (Fsp3) is 0.125. The number of aromatic nitrogens is 2. The van der Waals surface area contributed by atoms with Crippen LogP contribution in [0.5, 0.6) is 0 Å². The van der Waals surface area contributed by atoms with Crippen molar-refractivity contribution in [2.24, 2.45) is 5.10 Å². The maximum atomic E-state index is 13.5. The van der Waals surface area contributed by atoms with Crippen LogP contribution in [0, 0.1) is 0 Å². The van der Waals surface area contributed by atoms with Crippen LogP contribution in [-0.2, 0) is 10.0 Å². The maximum absolute atomic E-state index is 13.5. The van der Waals surface area contributed by atoms with Crippen molar-refractivity contribution in [2.75, 3.05) is 6.26 Å². The van der Waals surface area contributed by atoms with Crippen LogP contribution in [0.2, 0.25) is 0 Å². The Labute approximate surface area is 191 Å². The molecular formula is C24H20N4O2S2. The van der Waals surface area contributed by atoms with Crippen LogP contribution in [0.3, 0.4) is 0 Å². The summed E-state index contributed by atoms with van der Waals surface area (Å²) in [6.07, 6.45) is 4.08. The number of nitrogens with zero attached hydrogens (tertiary/aromatic N) is 4. The first-order chi connectivity index (χ1) is 15.6. The van der Waals surface area contributed by atoms with Gasteiger partial charge in [0.25, 0.3) is 10.0 Å². The van der Waals surface area contributed by atoms with E-state index in [9.17, 15) is 8.42 Å². The number of benzene rings is 3. The third kappa shape index (κ3) is 3.76. The van der Waals surface area contributed by atoms with Crippen LogP contribution in [0.25, 0.3) is 11.0 Å². The molecule has 8 heteroatoms. The monoisotopic (exact) mass is 460 g/mol. The van der Waals surface area contributed by atoms with Gasteiger partial charge in [-0.1, -0.05) is 42.5 Å². The highest BCUT2D eigenvalue weighted by Gasteiger charge is 2.38. The van der Waals surface area contributed by atoms with Crippen LogP contribution in [0.15, 0.2) is 100.0 Å². The summed E-state index contributed by atoms with van der Waals surface area (Å²) in [5, 5.41) is 4.59. The smallest absolute Gasteiger partial charge is 0.253 e. The van der Waals surface area contributed by atoms with Gasteiger partial charge in [0.1, 0.15) is 6.04 Å². The van der Waals surface area contributed by atoms with Crippen molar-refractivity contribution in [3.63, 3.8) is 0 Å². The van der Waals surface area contributed by atoms with Gasteiger partial charge < -0.3 is 0 Å². The summed E-state index contributed by atoms with van der Waals surface area (Å²) in [5.41, 5.74) is 3.66. The molecule has 0 N–H and O–H groups in total. The van der Waals surface area contributed by atoms with Gasteiger partial charge in [-0.3, -0.25) is 4.98 Å². The molecule has 2 heterocycles. The second-order valence-corrected chi connectivity index (χ2v) is 10.0. The van der Waals surface area contributed by atoms with E-state index in [1.165, 1.54) is 4.41 Å². The molecule has 0 spiro atoms. The van der Waals surface area contributed by atoms with E-state index >= 15 is 0 Å². The molecule has 1 atom stereocenters. The number of hydrogen-bond donors (Lipinski definition) is 0. The highest BCUT2D eigenvalue weighted by atomic mass is 32.2. The summed E-state index contributed by atoms with van der Waals surface area (Å²) in [6.45, 7) is 0. The topological polar surface area (TPSA) is 75.5 Å².